The van der Waals surface area contributed by atoms with Crippen LogP contribution in [0, 0.1) is 0 Å². The highest BCUT2D eigenvalue weighted by Gasteiger charge is 2.14. The third kappa shape index (κ3) is 6.16. The second-order valence-electron chi connectivity index (χ2n) is 6.49. The van der Waals surface area contributed by atoms with Crippen LogP contribution < -0.4 is 19.5 Å². The summed E-state index contributed by atoms with van der Waals surface area (Å²) in [7, 11) is 4.75. The van der Waals surface area contributed by atoms with E-state index >= 15 is 0 Å². The molecule has 0 bridgehead atoms. The van der Waals surface area contributed by atoms with Crippen LogP contribution in [0.2, 0.25) is 0 Å². The molecular weight excluding hydrogens is 356 g/mol. The van der Waals surface area contributed by atoms with Crippen molar-refractivity contribution in [3.63, 3.8) is 0 Å². The molecule has 28 heavy (non-hydrogen) atoms. The van der Waals surface area contributed by atoms with Crippen LogP contribution >= 0.6 is 0 Å². The van der Waals surface area contributed by atoms with Crippen molar-refractivity contribution in [2.75, 3.05) is 34.4 Å². The number of rotatable bonds is 11. The Balaban J connectivity index is 2.00. The van der Waals surface area contributed by atoms with Gasteiger partial charge in [-0.25, -0.2) is 0 Å². The predicted octanol–water partition coefficient (Wildman–Crippen LogP) is 3.24. The normalized spacial score (nSPS) is 10.6. The third-order valence-electron chi connectivity index (χ3n) is 4.42. The Bertz CT molecular complexity index is 750. The maximum atomic E-state index is 12.5. The molecule has 0 spiro atoms. The van der Waals surface area contributed by atoms with E-state index in [9.17, 15) is 4.79 Å². The highest BCUT2D eigenvalue weighted by molar-refractivity contribution is 5.78. The molecule has 2 aromatic carbocycles. The number of hydrogen-bond donors (Lipinski definition) is 1. The molecule has 0 saturated carbocycles. The standard InChI is InChI=1S/C22H30N2O4/c1-5-11-24(15-17-9-7-6-8-10-17)16-22(25)23-14-18-12-20(27-3)21(28-4)13-19(18)26-2/h6-10,12-13H,5,11,14-16H2,1-4H3,(H,23,25). The van der Waals surface area contributed by atoms with E-state index in [0.717, 1.165) is 25.1 Å². The molecule has 152 valence electrons. The van der Waals surface area contributed by atoms with Crippen molar-refractivity contribution in [3.8, 4) is 17.2 Å². The first-order chi connectivity index (χ1) is 13.6. The number of nitrogens with one attached hydrogen (secondary N) is 1. The van der Waals surface area contributed by atoms with Crippen molar-refractivity contribution < 1.29 is 19.0 Å². The molecule has 1 amide bonds. The Labute approximate surface area is 167 Å². The summed E-state index contributed by atoms with van der Waals surface area (Å²) in [6.07, 6.45) is 0.990. The number of ether oxygens (including phenoxy) is 3. The van der Waals surface area contributed by atoms with Crippen molar-refractivity contribution in [1.82, 2.24) is 10.2 Å². The zero-order valence-electron chi connectivity index (χ0n) is 17.2. The van der Waals surface area contributed by atoms with Crippen molar-refractivity contribution in [3.05, 3.63) is 53.6 Å². The van der Waals surface area contributed by atoms with Gasteiger partial charge in [0.1, 0.15) is 5.75 Å². The van der Waals surface area contributed by atoms with E-state index in [4.69, 9.17) is 14.2 Å². The average Bonchev–Trinajstić information content (AvgIpc) is 2.72. The van der Waals surface area contributed by atoms with Gasteiger partial charge < -0.3 is 19.5 Å². The molecule has 2 aromatic rings. The predicted molar refractivity (Wildman–Crippen MR) is 110 cm³/mol. The summed E-state index contributed by atoms with van der Waals surface area (Å²) < 4.78 is 16.1. The van der Waals surface area contributed by atoms with E-state index in [-0.39, 0.29) is 5.91 Å². The summed E-state index contributed by atoms with van der Waals surface area (Å²) in [6.45, 7) is 4.43. The number of hydrogen-bond acceptors (Lipinski definition) is 5. The van der Waals surface area contributed by atoms with Gasteiger partial charge in [-0.05, 0) is 24.6 Å². The maximum Gasteiger partial charge on any atom is 0.234 e. The molecule has 0 aliphatic carbocycles. The van der Waals surface area contributed by atoms with Crippen LogP contribution in [-0.2, 0) is 17.9 Å². The zero-order valence-corrected chi connectivity index (χ0v) is 17.2. The molecule has 0 atom stereocenters. The van der Waals surface area contributed by atoms with Gasteiger partial charge in [0.05, 0.1) is 27.9 Å². The monoisotopic (exact) mass is 386 g/mol. The number of nitrogens with zero attached hydrogens (tertiary/aromatic N) is 1. The lowest BCUT2D eigenvalue weighted by Gasteiger charge is -2.21. The summed E-state index contributed by atoms with van der Waals surface area (Å²) in [6, 6.07) is 13.8. The third-order valence-corrected chi connectivity index (χ3v) is 4.42. The van der Waals surface area contributed by atoms with Crippen LogP contribution in [0.5, 0.6) is 17.2 Å². The minimum Gasteiger partial charge on any atom is -0.496 e. The molecule has 6 heteroatoms. The number of carbonyl (C=O) groups is 1. The summed E-state index contributed by atoms with van der Waals surface area (Å²) >= 11 is 0. The van der Waals surface area contributed by atoms with Gasteiger partial charge in [0.25, 0.3) is 0 Å². The first-order valence-electron chi connectivity index (χ1n) is 9.43. The lowest BCUT2D eigenvalue weighted by atomic mass is 10.1. The van der Waals surface area contributed by atoms with Crippen LogP contribution in [0.15, 0.2) is 42.5 Å². The van der Waals surface area contributed by atoms with Gasteiger partial charge in [-0.2, -0.15) is 0 Å². The van der Waals surface area contributed by atoms with E-state index in [1.807, 2.05) is 24.3 Å². The van der Waals surface area contributed by atoms with E-state index in [0.29, 0.717) is 30.3 Å². The molecule has 6 nitrogen and oxygen atoms in total. The minimum absolute atomic E-state index is 0.0266. The fraction of sp³-hybridized carbons (Fsp3) is 0.409. The molecule has 2 rings (SSSR count). The SMILES string of the molecule is CCCN(CC(=O)NCc1cc(OC)c(OC)cc1OC)Cc1ccccc1. The molecule has 0 fully saturated rings. The van der Waals surface area contributed by atoms with Crippen molar-refractivity contribution in [1.29, 1.82) is 0 Å². The van der Waals surface area contributed by atoms with Crippen molar-refractivity contribution >= 4 is 5.91 Å². The van der Waals surface area contributed by atoms with Crippen molar-refractivity contribution in [2.45, 2.75) is 26.4 Å². The van der Waals surface area contributed by atoms with Crippen LogP contribution in [0.4, 0.5) is 0 Å². The maximum absolute atomic E-state index is 12.5. The van der Waals surface area contributed by atoms with Crippen LogP contribution in [0.25, 0.3) is 0 Å². The first-order valence-corrected chi connectivity index (χ1v) is 9.43. The summed E-state index contributed by atoms with van der Waals surface area (Å²) in [5.41, 5.74) is 2.03. The molecule has 0 heterocycles. The van der Waals surface area contributed by atoms with E-state index in [1.165, 1.54) is 5.56 Å². The molecular formula is C22H30N2O4. The van der Waals surface area contributed by atoms with Crippen molar-refractivity contribution in [2.24, 2.45) is 0 Å². The van der Waals surface area contributed by atoms with Gasteiger partial charge in [-0.15, -0.1) is 0 Å². The van der Waals surface area contributed by atoms with E-state index < -0.39 is 0 Å². The Morgan fingerprint density at radius 2 is 1.61 bits per heavy atom. The van der Waals surface area contributed by atoms with Gasteiger partial charge in [-0.3, -0.25) is 9.69 Å². The number of benzene rings is 2. The van der Waals surface area contributed by atoms with E-state index in [2.05, 4.69) is 29.3 Å². The Morgan fingerprint density at radius 1 is 0.964 bits per heavy atom. The Hall–Kier alpha value is -2.73. The minimum atomic E-state index is -0.0266. The molecule has 0 aromatic heterocycles. The highest BCUT2D eigenvalue weighted by atomic mass is 16.5. The summed E-state index contributed by atoms with van der Waals surface area (Å²) in [5.74, 6) is 1.81. The largest absolute Gasteiger partial charge is 0.496 e. The molecule has 0 radical (unpaired) electrons. The molecule has 1 N–H and O–H groups in total. The smallest absolute Gasteiger partial charge is 0.234 e. The average molecular weight is 386 g/mol. The number of amides is 1. The zero-order chi connectivity index (χ0) is 20.4. The fourth-order valence-electron chi connectivity index (χ4n) is 3.06. The number of methoxy groups -OCH3 is 3. The molecule has 0 unspecified atom stereocenters. The number of carbonyl (C=O) groups excluding carboxylic acids is 1. The van der Waals surface area contributed by atoms with Gasteiger partial charge in [-0.1, -0.05) is 37.3 Å². The Kier molecular flexibility index (Phi) is 8.62. The van der Waals surface area contributed by atoms with Gasteiger partial charge in [0, 0.05) is 24.7 Å². The fourth-order valence-corrected chi connectivity index (χ4v) is 3.06. The molecule has 0 aliphatic rings. The lowest BCUT2D eigenvalue weighted by Crippen LogP contribution is -2.37. The second kappa shape index (κ2) is 11.2. The van der Waals surface area contributed by atoms with Crippen LogP contribution in [0.1, 0.15) is 24.5 Å². The molecule has 0 aliphatic heterocycles. The first kappa shape index (κ1) is 21.6. The van der Waals surface area contributed by atoms with Crippen LogP contribution in [0.3, 0.4) is 0 Å². The molecule has 0 saturated heterocycles. The van der Waals surface area contributed by atoms with E-state index in [1.54, 1.807) is 27.4 Å². The second-order valence-corrected chi connectivity index (χ2v) is 6.49. The Morgan fingerprint density at radius 3 is 2.21 bits per heavy atom. The highest BCUT2D eigenvalue weighted by Crippen LogP contribution is 2.34. The topological polar surface area (TPSA) is 60.0 Å². The van der Waals surface area contributed by atoms with Crippen LogP contribution in [-0.4, -0.2) is 45.2 Å². The van der Waals surface area contributed by atoms with Gasteiger partial charge in [0.2, 0.25) is 5.91 Å². The van der Waals surface area contributed by atoms with Gasteiger partial charge >= 0.3 is 0 Å². The summed E-state index contributed by atoms with van der Waals surface area (Å²) in [5, 5.41) is 2.98. The van der Waals surface area contributed by atoms with Gasteiger partial charge in [0.15, 0.2) is 11.5 Å². The lowest BCUT2D eigenvalue weighted by molar-refractivity contribution is -0.122. The quantitative estimate of drug-likeness (QED) is 0.642. The summed E-state index contributed by atoms with van der Waals surface area (Å²) in [4.78, 5) is 14.7.